The van der Waals surface area contributed by atoms with E-state index in [1.54, 1.807) is 6.33 Å². The molecule has 5 nitrogen and oxygen atoms in total. The molecular formula is C14H24N4O. The SMILES string of the molecule is CC(C)Oc1cc(N2CCCC(C(C)N)C2)ncn1. The number of aromatic nitrogens is 2. The van der Waals surface area contributed by atoms with E-state index in [1.165, 1.54) is 6.42 Å². The smallest absolute Gasteiger partial charge is 0.218 e. The highest BCUT2D eigenvalue weighted by molar-refractivity contribution is 5.41. The second kappa shape index (κ2) is 6.19. The molecule has 106 valence electrons. The van der Waals surface area contributed by atoms with Crippen molar-refractivity contribution in [1.82, 2.24) is 9.97 Å². The number of hydrogen-bond acceptors (Lipinski definition) is 5. The molecule has 0 bridgehead atoms. The topological polar surface area (TPSA) is 64.3 Å². The minimum absolute atomic E-state index is 0.126. The van der Waals surface area contributed by atoms with Crippen molar-refractivity contribution in [3.8, 4) is 5.88 Å². The number of anilines is 1. The standard InChI is InChI=1S/C14H24N4O/c1-10(2)19-14-7-13(16-9-17-14)18-6-4-5-12(8-18)11(3)15/h7,9-12H,4-6,8,15H2,1-3H3. The predicted octanol–water partition coefficient (Wildman–Crippen LogP) is 1.83. The number of ether oxygens (including phenoxy) is 1. The van der Waals surface area contributed by atoms with E-state index < -0.39 is 0 Å². The molecule has 0 saturated carbocycles. The summed E-state index contributed by atoms with van der Waals surface area (Å²) in [6, 6.07) is 2.15. The van der Waals surface area contributed by atoms with E-state index in [0.29, 0.717) is 11.8 Å². The molecule has 2 heterocycles. The number of nitrogens with zero attached hydrogens (tertiary/aromatic N) is 3. The van der Waals surface area contributed by atoms with Crippen molar-refractivity contribution < 1.29 is 4.74 Å². The Morgan fingerprint density at radius 3 is 2.84 bits per heavy atom. The van der Waals surface area contributed by atoms with Crippen LogP contribution in [0.5, 0.6) is 5.88 Å². The molecule has 1 aliphatic rings. The quantitative estimate of drug-likeness (QED) is 0.898. The van der Waals surface area contributed by atoms with Gasteiger partial charge in [0.2, 0.25) is 5.88 Å². The van der Waals surface area contributed by atoms with Crippen molar-refractivity contribution in [2.24, 2.45) is 11.7 Å². The average molecular weight is 264 g/mol. The fourth-order valence-electron chi connectivity index (χ4n) is 2.46. The summed E-state index contributed by atoms with van der Waals surface area (Å²) in [6.45, 7) is 8.07. The molecule has 19 heavy (non-hydrogen) atoms. The van der Waals surface area contributed by atoms with Gasteiger partial charge >= 0.3 is 0 Å². The summed E-state index contributed by atoms with van der Waals surface area (Å²) in [4.78, 5) is 10.8. The van der Waals surface area contributed by atoms with Crippen molar-refractivity contribution in [1.29, 1.82) is 0 Å². The van der Waals surface area contributed by atoms with Crippen LogP contribution in [-0.2, 0) is 0 Å². The molecule has 5 heteroatoms. The van der Waals surface area contributed by atoms with Gasteiger partial charge in [-0.3, -0.25) is 0 Å². The van der Waals surface area contributed by atoms with Gasteiger partial charge in [0.05, 0.1) is 6.10 Å². The highest BCUT2D eigenvalue weighted by Gasteiger charge is 2.23. The molecule has 0 amide bonds. The minimum Gasteiger partial charge on any atom is -0.475 e. The third kappa shape index (κ3) is 3.80. The molecule has 0 spiro atoms. The fraction of sp³-hybridized carbons (Fsp3) is 0.714. The van der Waals surface area contributed by atoms with Crippen LogP contribution in [0, 0.1) is 5.92 Å². The van der Waals surface area contributed by atoms with Gasteiger partial charge in [-0.15, -0.1) is 0 Å². The molecule has 2 unspecified atom stereocenters. The second-order valence-electron chi connectivity index (χ2n) is 5.59. The number of piperidine rings is 1. The lowest BCUT2D eigenvalue weighted by atomic mass is 9.92. The van der Waals surface area contributed by atoms with E-state index in [4.69, 9.17) is 10.5 Å². The summed E-state index contributed by atoms with van der Waals surface area (Å²) in [5.41, 5.74) is 6.02. The summed E-state index contributed by atoms with van der Waals surface area (Å²) in [5.74, 6) is 2.12. The monoisotopic (exact) mass is 264 g/mol. The third-order valence-electron chi connectivity index (χ3n) is 3.51. The lowest BCUT2D eigenvalue weighted by molar-refractivity contribution is 0.232. The van der Waals surface area contributed by atoms with Gasteiger partial charge in [-0.1, -0.05) is 0 Å². The van der Waals surface area contributed by atoms with E-state index >= 15 is 0 Å². The zero-order valence-electron chi connectivity index (χ0n) is 12.0. The Labute approximate surface area is 115 Å². The van der Waals surface area contributed by atoms with Crippen molar-refractivity contribution in [3.63, 3.8) is 0 Å². The van der Waals surface area contributed by atoms with Gasteiger partial charge in [-0.2, -0.15) is 0 Å². The van der Waals surface area contributed by atoms with E-state index in [2.05, 4.69) is 21.8 Å². The Hall–Kier alpha value is -1.36. The first-order valence-corrected chi connectivity index (χ1v) is 7.05. The second-order valence-corrected chi connectivity index (χ2v) is 5.59. The summed E-state index contributed by atoms with van der Waals surface area (Å²) in [5, 5.41) is 0. The maximum atomic E-state index is 6.02. The largest absolute Gasteiger partial charge is 0.475 e. The molecular weight excluding hydrogens is 240 g/mol. The number of nitrogens with two attached hydrogens (primary N) is 1. The molecule has 0 radical (unpaired) electrons. The maximum absolute atomic E-state index is 6.02. The van der Waals surface area contributed by atoms with E-state index in [-0.39, 0.29) is 12.1 Å². The van der Waals surface area contributed by atoms with Crippen LogP contribution in [0.4, 0.5) is 5.82 Å². The van der Waals surface area contributed by atoms with Crippen LogP contribution in [0.1, 0.15) is 33.6 Å². The molecule has 1 aliphatic heterocycles. The van der Waals surface area contributed by atoms with Crippen molar-refractivity contribution >= 4 is 5.82 Å². The van der Waals surface area contributed by atoms with Gasteiger partial charge in [0.1, 0.15) is 12.1 Å². The normalized spacial score (nSPS) is 21.5. The lowest BCUT2D eigenvalue weighted by Gasteiger charge is -2.35. The maximum Gasteiger partial charge on any atom is 0.218 e. The van der Waals surface area contributed by atoms with Gasteiger partial charge in [0.15, 0.2) is 0 Å². The van der Waals surface area contributed by atoms with Crippen LogP contribution in [0.2, 0.25) is 0 Å². The van der Waals surface area contributed by atoms with Crippen LogP contribution in [-0.4, -0.2) is 35.2 Å². The van der Waals surface area contributed by atoms with Crippen LogP contribution in [0.15, 0.2) is 12.4 Å². The van der Waals surface area contributed by atoms with Gasteiger partial charge in [-0.25, -0.2) is 9.97 Å². The Kier molecular flexibility index (Phi) is 4.58. The molecule has 2 rings (SSSR count). The number of rotatable bonds is 4. The van der Waals surface area contributed by atoms with Crippen LogP contribution in [0.25, 0.3) is 0 Å². The summed E-state index contributed by atoms with van der Waals surface area (Å²) in [6.07, 6.45) is 4.06. The molecule has 0 aromatic carbocycles. The molecule has 1 aromatic rings. The Bertz CT molecular complexity index is 408. The molecule has 2 N–H and O–H groups in total. The van der Waals surface area contributed by atoms with E-state index in [9.17, 15) is 0 Å². The number of hydrogen-bond donors (Lipinski definition) is 1. The van der Waals surface area contributed by atoms with Crippen molar-refractivity contribution in [3.05, 3.63) is 12.4 Å². The Balaban J connectivity index is 2.08. The van der Waals surface area contributed by atoms with E-state index in [0.717, 1.165) is 25.3 Å². The highest BCUT2D eigenvalue weighted by Crippen LogP contribution is 2.24. The highest BCUT2D eigenvalue weighted by atomic mass is 16.5. The van der Waals surface area contributed by atoms with Gasteiger partial charge in [0, 0.05) is 25.2 Å². The zero-order valence-corrected chi connectivity index (χ0v) is 12.0. The first-order chi connectivity index (χ1) is 9.06. The fourth-order valence-corrected chi connectivity index (χ4v) is 2.46. The predicted molar refractivity (Wildman–Crippen MR) is 76.4 cm³/mol. The van der Waals surface area contributed by atoms with Crippen LogP contribution in [0.3, 0.4) is 0 Å². The molecule has 1 aromatic heterocycles. The summed E-state index contributed by atoms with van der Waals surface area (Å²) >= 11 is 0. The van der Waals surface area contributed by atoms with Gasteiger partial charge in [-0.05, 0) is 39.5 Å². The lowest BCUT2D eigenvalue weighted by Crippen LogP contribution is -2.42. The van der Waals surface area contributed by atoms with Gasteiger partial charge in [0.25, 0.3) is 0 Å². The third-order valence-corrected chi connectivity index (χ3v) is 3.51. The summed E-state index contributed by atoms with van der Waals surface area (Å²) in [7, 11) is 0. The molecule has 1 fully saturated rings. The minimum atomic E-state index is 0.126. The zero-order chi connectivity index (χ0) is 13.8. The van der Waals surface area contributed by atoms with E-state index in [1.807, 2.05) is 19.9 Å². The van der Waals surface area contributed by atoms with Crippen molar-refractivity contribution in [2.75, 3.05) is 18.0 Å². The molecule has 2 atom stereocenters. The molecule has 0 aliphatic carbocycles. The Morgan fingerprint density at radius 1 is 1.37 bits per heavy atom. The first kappa shape index (κ1) is 14.1. The summed E-state index contributed by atoms with van der Waals surface area (Å²) < 4.78 is 5.62. The Morgan fingerprint density at radius 2 is 2.16 bits per heavy atom. The van der Waals surface area contributed by atoms with Crippen LogP contribution < -0.4 is 15.4 Å². The van der Waals surface area contributed by atoms with Crippen molar-refractivity contribution in [2.45, 2.75) is 45.8 Å². The van der Waals surface area contributed by atoms with Gasteiger partial charge < -0.3 is 15.4 Å². The van der Waals surface area contributed by atoms with Crippen LogP contribution >= 0.6 is 0 Å². The molecule has 1 saturated heterocycles. The average Bonchev–Trinajstić information content (AvgIpc) is 2.38. The first-order valence-electron chi connectivity index (χ1n) is 7.05.